The average molecular weight is 336 g/mol. The van der Waals surface area contributed by atoms with Crippen LogP contribution in [0.2, 0.25) is 6.04 Å². The molecule has 0 radical (unpaired) electrons. The zero-order valence-electron chi connectivity index (χ0n) is 15.2. The van der Waals surface area contributed by atoms with Gasteiger partial charge >= 0.3 is 8.80 Å². The molecular formula is C15H37N3O3Si. The Morgan fingerprint density at radius 3 is 1.64 bits per heavy atom. The topological polar surface area (TPSA) is 63.8 Å². The predicted molar refractivity (Wildman–Crippen MR) is 94.3 cm³/mol. The van der Waals surface area contributed by atoms with Crippen molar-refractivity contribution in [2.24, 2.45) is 0 Å². The van der Waals surface area contributed by atoms with Crippen LogP contribution >= 0.6 is 0 Å². The van der Waals surface area contributed by atoms with Gasteiger partial charge in [0.2, 0.25) is 0 Å². The number of hydrogen-bond donors (Lipinski definition) is 3. The molecule has 0 aliphatic carbocycles. The van der Waals surface area contributed by atoms with Crippen LogP contribution in [0, 0.1) is 0 Å². The van der Waals surface area contributed by atoms with Crippen molar-refractivity contribution >= 4 is 8.80 Å². The van der Waals surface area contributed by atoms with Gasteiger partial charge in [0, 0.05) is 26.4 Å². The molecule has 0 aromatic carbocycles. The molecule has 0 atom stereocenters. The van der Waals surface area contributed by atoms with E-state index in [4.69, 9.17) is 13.3 Å². The highest BCUT2D eigenvalue weighted by atomic mass is 28.4. The third-order valence-corrected chi connectivity index (χ3v) is 6.69. The first-order valence-electron chi connectivity index (χ1n) is 8.40. The molecular weight excluding hydrogens is 298 g/mol. The summed E-state index contributed by atoms with van der Waals surface area (Å²) in [5.41, 5.74) is 0. The first-order valence-corrected chi connectivity index (χ1v) is 10.3. The van der Waals surface area contributed by atoms with E-state index in [0.29, 0.717) is 0 Å². The maximum atomic E-state index is 6.39. The van der Waals surface area contributed by atoms with Crippen LogP contribution in [0.25, 0.3) is 0 Å². The SMILES string of the molecule is CNCCCC(CCCNC)O[Si](CCCNC)(OC)OC. The maximum Gasteiger partial charge on any atom is 0.500 e. The van der Waals surface area contributed by atoms with Crippen LogP contribution in [0.4, 0.5) is 0 Å². The van der Waals surface area contributed by atoms with Gasteiger partial charge in [-0.1, -0.05) is 0 Å². The fourth-order valence-electron chi connectivity index (χ4n) is 2.45. The van der Waals surface area contributed by atoms with Gasteiger partial charge in [-0.05, 0) is 72.9 Å². The third-order valence-electron chi connectivity index (χ3n) is 3.78. The lowest BCUT2D eigenvalue weighted by molar-refractivity contribution is 0.0452. The molecule has 0 saturated carbocycles. The van der Waals surface area contributed by atoms with E-state index in [-0.39, 0.29) is 6.10 Å². The van der Waals surface area contributed by atoms with Crippen molar-refractivity contribution < 1.29 is 13.3 Å². The van der Waals surface area contributed by atoms with Crippen molar-refractivity contribution in [2.75, 3.05) is 55.0 Å². The molecule has 3 N–H and O–H groups in total. The molecule has 7 heteroatoms. The zero-order valence-corrected chi connectivity index (χ0v) is 16.2. The van der Waals surface area contributed by atoms with Gasteiger partial charge in [0.05, 0.1) is 0 Å². The lowest BCUT2D eigenvalue weighted by atomic mass is 10.1. The van der Waals surface area contributed by atoms with Gasteiger partial charge in [0.15, 0.2) is 0 Å². The Balaban J connectivity index is 4.54. The molecule has 0 unspecified atom stereocenters. The molecule has 0 aromatic rings. The summed E-state index contributed by atoms with van der Waals surface area (Å²) in [6.45, 7) is 2.98. The van der Waals surface area contributed by atoms with E-state index in [2.05, 4.69) is 16.0 Å². The van der Waals surface area contributed by atoms with Gasteiger partial charge in [0.1, 0.15) is 0 Å². The quantitative estimate of drug-likeness (QED) is 0.291. The summed E-state index contributed by atoms with van der Waals surface area (Å²) in [7, 11) is 6.81. The molecule has 0 aliphatic heterocycles. The Kier molecular flexibility index (Phi) is 14.5. The van der Waals surface area contributed by atoms with Crippen LogP contribution < -0.4 is 16.0 Å². The summed E-state index contributed by atoms with van der Waals surface area (Å²) in [6.07, 6.45) is 5.51. The van der Waals surface area contributed by atoms with Gasteiger partial charge in [-0.2, -0.15) is 0 Å². The summed E-state index contributed by atoms with van der Waals surface area (Å²) >= 11 is 0. The van der Waals surface area contributed by atoms with Crippen molar-refractivity contribution in [1.29, 1.82) is 0 Å². The van der Waals surface area contributed by atoms with E-state index in [1.54, 1.807) is 14.2 Å². The number of nitrogens with one attached hydrogen (secondary N) is 3. The highest BCUT2D eigenvalue weighted by molar-refractivity contribution is 6.60. The monoisotopic (exact) mass is 335 g/mol. The van der Waals surface area contributed by atoms with Crippen LogP contribution in [0.3, 0.4) is 0 Å². The van der Waals surface area contributed by atoms with E-state index < -0.39 is 8.80 Å². The second kappa shape index (κ2) is 14.6. The van der Waals surface area contributed by atoms with Gasteiger partial charge in [0.25, 0.3) is 0 Å². The van der Waals surface area contributed by atoms with E-state index >= 15 is 0 Å². The van der Waals surface area contributed by atoms with Crippen molar-refractivity contribution in [3.05, 3.63) is 0 Å². The zero-order chi connectivity index (χ0) is 16.7. The minimum absolute atomic E-state index is 0.211. The van der Waals surface area contributed by atoms with E-state index in [0.717, 1.165) is 57.8 Å². The van der Waals surface area contributed by atoms with Gasteiger partial charge in [-0.3, -0.25) is 0 Å². The van der Waals surface area contributed by atoms with Crippen molar-refractivity contribution in [3.8, 4) is 0 Å². The summed E-state index contributed by atoms with van der Waals surface area (Å²) in [5.74, 6) is 0. The molecule has 6 nitrogen and oxygen atoms in total. The van der Waals surface area contributed by atoms with Crippen molar-refractivity contribution in [3.63, 3.8) is 0 Å². The van der Waals surface area contributed by atoms with E-state index in [1.807, 2.05) is 21.1 Å². The summed E-state index contributed by atoms with van der Waals surface area (Å²) in [5, 5.41) is 9.56. The lowest BCUT2D eigenvalue weighted by Crippen LogP contribution is -2.47. The van der Waals surface area contributed by atoms with Crippen molar-refractivity contribution in [2.45, 2.75) is 44.3 Å². The summed E-state index contributed by atoms with van der Waals surface area (Å²) in [6, 6.07) is 0.857. The van der Waals surface area contributed by atoms with E-state index in [9.17, 15) is 0 Å². The molecule has 0 aliphatic rings. The lowest BCUT2D eigenvalue weighted by Gasteiger charge is -2.31. The fraction of sp³-hybridized carbons (Fsp3) is 1.00. The Hall–Kier alpha value is -0.0231. The highest BCUT2D eigenvalue weighted by Gasteiger charge is 2.40. The van der Waals surface area contributed by atoms with Crippen molar-refractivity contribution in [1.82, 2.24) is 16.0 Å². The Bertz CT molecular complexity index is 234. The fourth-order valence-corrected chi connectivity index (χ4v) is 4.69. The first kappa shape index (κ1) is 22.0. The normalized spacial score (nSPS) is 12.3. The van der Waals surface area contributed by atoms with E-state index in [1.165, 1.54) is 0 Å². The molecule has 0 bridgehead atoms. The Morgan fingerprint density at radius 1 is 0.773 bits per heavy atom. The van der Waals surface area contributed by atoms with Crippen LogP contribution in [0.1, 0.15) is 32.1 Å². The molecule has 134 valence electrons. The van der Waals surface area contributed by atoms with Gasteiger partial charge in [-0.25, -0.2) is 0 Å². The maximum absolute atomic E-state index is 6.39. The Morgan fingerprint density at radius 2 is 1.23 bits per heavy atom. The third kappa shape index (κ3) is 9.89. The molecule has 0 spiro atoms. The highest BCUT2D eigenvalue weighted by Crippen LogP contribution is 2.22. The predicted octanol–water partition coefficient (Wildman–Crippen LogP) is 1.21. The van der Waals surface area contributed by atoms with Crippen LogP contribution in [-0.2, 0) is 13.3 Å². The molecule has 0 rings (SSSR count). The Labute approximate surface area is 138 Å². The minimum Gasteiger partial charge on any atom is -0.377 e. The first-order chi connectivity index (χ1) is 10.7. The second-order valence-electron chi connectivity index (χ2n) is 5.53. The molecule has 0 aromatic heterocycles. The molecule has 0 amide bonds. The number of rotatable bonds is 16. The minimum atomic E-state index is -2.54. The second-order valence-corrected chi connectivity index (χ2v) is 8.45. The average Bonchev–Trinajstić information content (AvgIpc) is 2.54. The summed E-state index contributed by atoms with van der Waals surface area (Å²) in [4.78, 5) is 0. The van der Waals surface area contributed by atoms with Crippen LogP contribution in [0.5, 0.6) is 0 Å². The molecule has 0 saturated heterocycles. The molecule has 22 heavy (non-hydrogen) atoms. The van der Waals surface area contributed by atoms with Crippen LogP contribution in [0.15, 0.2) is 0 Å². The van der Waals surface area contributed by atoms with Gasteiger partial charge < -0.3 is 29.2 Å². The molecule has 0 heterocycles. The standard InChI is InChI=1S/C15H37N3O3Si/c1-16-11-6-9-15(10-7-12-17-2)21-22(19-4,20-5)14-8-13-18-3/h15-18H,6-14H2,1-5H3. The van der Waals surface area contributed by atoms with Gasteiger partial charge in [-0.15, -0.1) is 0 Å². The largest absolute Gasteiger partial charge is 0.500 e. The number of hydrogen-bond acceptors (Lipinski definition) is 6. The summed E-state index contributed by atoms with van der Waals surface area (Å²) < 4.78 is 17.8. The van der Waals surface area contributed by atoms with Crippen LogP contribution in [-0.4, -0.2) is 69.9 Å². The smallest absolute Gasteiger partial charge is 0.377 e. The molecule has 0 fully saturated rings.